The summed E-state index contributed by atoms with van der Waals surface area (Å²) < 4.78 is 0. The Morgan fingerprint density at radius 1 is 1.24 bits per heavy atom. The first-order valence-corrected chi connectivity index (χ1v) is 8.20. The molecule has 0 atom stereocenters. The maximum Gasteiger partial charge on any atom is 0.267 e. The van der Waals surface area contributed by atoms with Gasteiger partial charge in [0.1, 0.15) is 0 Å². The lowest BCUT2D eigenvalue weighted by Crippen LogP contribution is -2.27. The van der Waals surface area contributed by atoms with E-state index in [-0.39, 0.29) is 23.9 Å². The van der Waals surface area contributed by atoms with Gasteiger partial charge in [0.15, 0.2) is 0 Å². The fourth-order valence-electron chi connectivity index (χ4n) is 3.13. The van der Waals surface area contributed by atoms with E-state index in [1.807, 2.05) is 43.3 Å². The number of fused-ring (bicyclic) bond motifs is 1. The van der Waals surface area contributed by atoms with Crippen molar-refractivity contribution >= 4 is 24.0 Å². The number of anilines is 1. The zero-order chi connectivity index (χ0) is 17.1. The third kappa shape index (κ3) is 4.46. The number of benzene rings is 1. The lowest BCUT2D eigenvalue weighted by atomic mass is 9.90. The molecule has 0 saturated carbocycles. The zero-order valence-corrected chi connectivity index (χ0v) is 15.3. The Balaban J connectivity index is 0.00000225. The van der Waals surface area contributed by atoms with Crippen LogP contribution in [0.25, 0.3) is 11.3 Å². The van der Waals surface area contributed by atoms with Crippen molar-refractivity contribution in [3.63, 3.8) is 0 Å². The molecule has 0 spiro atoms. The van der Waals surface area contributed by atoms with Crippen molar-refractivity contribution < 1.29 is 4.79 Å². The van der Waals surface area contributed by atoms with Crippen molar-refractivity contribution in [2.45, 2.75) is 25.7 Å². The van der Waals surface area contributed by atoms with Gasteiger partial charge in [0.25, 0.3) is 5.56 Å². The van der Waals surface area contributed by atoms with Crippen LogP contribution in [0.2, 0.25) is 0 Å². The molecule has 1 aliphatic rings. The van der Waals surface area contributed by atoms with Gasteiger partial charge in [-0.25, -0.2) is 5.10 Å². The molecule has 0 aliphatic heterocycles. The quantitative estimate of drug-likeness (QED) is 0.874. The van der Waals surface area contributed by atoms with E-state index in [2.05, 4.69) is 15.5 Å². The molecule has 0 radical (unpaired) electrons. The van der Waals surface area contributed by atoms with E-state index in [9.17, 15) is 9.59 Å². The highest BCUT2D eigenvalue weighted by Gasteiger charge is 2.19. The van der Waals surface area contributed by atoms with Gasteiger partial charge in [-0.15, -0.1) is 12.4 Å². The Hall–Kier alpha value is -2.18. The van der Waals surface area contributed by atoms with Crippen LogP contribution in [0.1, 0.15) is 24.0 Å². The molecule has 2 aromatic rings. The molecular weight excluding hydrogens is 340 g/mol. The van der Waals surface area contributed by atoms with Crippen molar-refractivity contribution in [2.24, 2.45) is 0 Å². The summed E-state index contributed by atoms with van der Waals surface area (Å²) in [6.45, 7) is 0.330. The zero-order valence-electron chi connectivity index (χ0n) is 14.5. The Morgan fingerprint density at radius 3 is 2.68 bits per heavy atom. The second-order valence-electron chi connectivity index (χ2n) is 6.43. The largest absolute Gasteiger partial charge is 0.325 e. The SMILES string of the molecule is CN(C)CC(=O)Nc1cccc(-c2n[nH]c(=O)c3c2CCCC3)c1.Cl. The van der Waals surface area contributed by atoms with Crippen LogP contribution in [0.4, 0.5) is 5.69 Å². The number of nitrogens with one attached hydrogen (secondary N) is 2. The summed E-state index contributed by atoms with van der Waals surface area (Å²) >= 11 is 0. The molecular formula is C18H23ClN4O2. The van der Waals surface area contributed by atoms with Gasteiger partial charge >= 0.3 is 0 Å². The van der Waals surface area contributed by atoms with Crippen LogP contribution in [0.3, 0.4) is 0 Å². The molecule has 0 unspecified atom stereocenters. The topological polar surface area (TPSA) is 78.1 Å². The Kier molecular flexibility index (Phi) is 6.33. The second-order valence-corrected chi connectivity index (χ2v) is 6.43. The van der Waals surface area contributed by atoms with E-state index in [0.717, 1.165) is 53.8 Å². The highest BCUT2D eigenvalue weighted by molar-refractivity contribution is 5.92. The molecule has 6 nitrogen and oxygen atoms in total. The normalized spacial score (nSPS) is 13.1. The number of hydrogen-bond acceptors (Lipinski definition) is 4. The van der Waals surface area contributed by atoms with Crippen molar-refractivity contribution in [2.75, 3.05) is 26.0 Å². The van der Waals surface area contributed by atoms with E-state index in [1.165, 1.54) is 0 Å². The van der Waals surface area contributed by atoms with Gasteiger partial charge < -0.3 is 10.2 Å². The number of amides is 1. The number of nitrogens with zero attached hydrogens (tertiary/aromatic N) is 2. The average molecular weight is 363 g/mol. The molecule has 7 heteroatoms. The first kappa shape index (κ1) is 19.1. The molecule has 25 heavy (non-hydrogen) atoms. The van der Waals surface area contributed by atoms with Crippen LogP contribution < -0.4 is 10.9 Å². The number of likely N-dealkylation sites (N-methyl/N-ethyl adjacent to an activating group) is 1. The second kappa shape index (κ2) is 8.27. The minimum Gasteiger partial charge on any atom is -0.325 e. The third-order valence-corrected chi connectivity index (χ3v) is 4.18. The lowest BCUT2D eigenvalue weighted by molar-refractivity contribution is -0.116. The molecule has 0 bridgehead atoms. The van der Waals surface area contributed by atoms with Crippen molar-refractivity contribution in [3.8, 4) is 11.3 Å². The predicted molar refractivity (Wildman–Crippen MR) is 101 cm³/mol. The van der Waals surface area contributed by atoms with Crippen LogP contribution in [-0.4, -0.2) is 41.6 Å². The molecule has 1 aromatic carbocycles. The number of carbonyl (C=O) groups excluding carboxylic acids is 1. The van der Waals surface area contributed by atoms with Crippen molar-refractivity contribution in [1.82, 2.24) is 15.1 Å². The van der Waals surface area contributed by atoms with Crippen LogP contribution in [0, 0.1) is 0 Å². The molecule has 134 valence electrons. The molecule has 1 aromatic heterocycles. The molecule has 3 rings (SSSR count). The summed E-state index contributed by atoms with van der Waals surface area (Å²) in [7, 11) is 3.71. The van der Waals surface area contributed by atoms with E-state index >= 15 is 0 Å². The number of halogens is 1. The number of H-pyrrole nitrogens is 1. The van der Waals surface area contributed by atoms with E-state index < -0.39 is 0 Å². The van der Waals surface area contributed by atoms with Gasteiger partial charge in [0, 0.05) is 16.8 Å². The summed E-state index contributed by atoms with van der Waals surface area (Å²) in [5, 5.41) is 9.78. The fourth-order valence-corrected chi connectivity index (χ4v) is 3.13. The number of hydrogen-bond donors (Lipinski definition) is 2. The van der Waals surface area contributed by atoms with Crippen LogP contribution in [-0.2, 0) is 17.6 Å². The van der Waals surface area contributed by atoms with E-state index in [0.29, 0.717) is 6.54 Å². The molecule has 0 saturated heterocycles. The number of aromatic amines is 1. The Labute approximate surface area is 153 Å². The maximum absolute atomic E-state index is 12.0. The third-order valence-electron chi connectivity index (χ3n) is 4.18. The Morgan fingerprint density at radius 2 is 1.96 bits per heavy atom. The molecule has 2 N–H and O–H groups in total. The van der Waals surface area contributed by atoms with Gasteiger partial charge in [-0.2, -0.15) is 5.10 Å². The van der Waals surface area contributed by atoms with E-state index in [1.54, 1.807) is 0 Å². The minimum absolute atomic E-state index is 0. The lowest BCUT2D eigenvalue weighted by Gasteiger charge is -2.18. The number of aromatic nitrogens is 2. The first-order chi connectivity index (χ1) is 11.5. The van der Waals surface area contributed by atoms with Gasteiger partial charge in [-0.1, -0.05) is 12.1 Å². The standard InChI is InChI=1S/C18H22N4O2.ClH/c1-22(2)11-16(23)19-13-7-5-6-12(10-13)17-14-8-3-4-9-15(14)18(24)21-20-17;/h5-7,10H,3-4,8-9,11H2,1-2H3,(H,19,23)(H,21,24);1H. The molecule has 1 amide bonds. The van der Waals surface area contributed by atoms with Gasteiger partial charge in [-0.05, 0) is 57.5 Å². The van der Waals surface area contributed by atoms with Crippen molar-refractivity contribution in [1.29, 1.82) is 0 Å². The number of rotatable bonds is 4. The van der Waals surface area contributed by atoms with Crippen LogP contribution in [0.15, 0.2) is 29.1 Å². The average Bonchev–Trinajstić information content (AvgIpc) is 2.55. The first-order valence-electron chi connectivity index (χ1n) is 8.20. The summed E-state index contributed by atoms with van der Waals surface area (Å²) in [5.74, 6) is -0.0615. The minimum atomic E-state index is -0.0797. The smallest absolute Gasteiger partial charge is 0.267 e. The fraction of sp³-hybridized carbons (Fsp3) is 0.389. The molecule has 1 heterocycles. The summed E-state index contributed by atoms with van der Waals surface area (Å²) in [6.07, 6.45) is 3.79. The van der Waals surface area contributed by atoms with Gasteiger partial charge in [0.2, 0.25) is 5.91 Å². The van der Waals surface area contributed by atoms with Crippen LogP contribution in [0.5, 0.6) is 0 Å². The van der Waals surface area contributed by atoms with Crippen LogP contribution >= 0.6 is 12.4 Å². The highest BCUT2D eigenvalue weighted by Crippen LogP contribution is 2.28. The summed E-state index contributed by atoms with van der Waals surface area (Å²) in [6, 6.07) is 7.61. The van der Waals surface area contributed by atoms with Crippen molar-refractivity contribution in [3.05, 3.63) is 45.7 Å². The maximum atomic E-state index is 12.0. The Bertz CT molecular complexity index is 817. The van der Waals surface area contributed by atoms with E-state index in [4.69, 9.17) is 0 Å². The summed E-state index contributed by atoms with van der Waals surface area (Å²) in [4.78, 5) is 25.7. The number of carbonyl (C=O) groups is 1. The predicted octanol–water partition coefficient (Wildman–Crippen LogP) is 2.24. The van der Waals surface area contributed by atoms with Gasteiger partial charge in [0.05, 0.1) is 12.2 Å². The monoisotopic (exact) mass is 362 g/mol. The van der Waals surface area contributed by atoms with Gasteiger partial charge in [-0.3, -0.25) is 9.59 Å². The summed E-state index contributed by atoms with van der Waals surface area (Å²) in [5.41, 5.74) is 4.27. The molecule has 0 fully saturated rings. The molecule has 1 aliphatic carbocycles. The highest BCUT2D eigenvalue weighted by atomic mass is 35.5.